The van der Waals surface area contributed by atoms with Crippen molar-refractivity contribution in [3.05, 3.63) is 41.6 Å². The van der Waals surface area contributed by atoms with E-state index in [0.29, 0.717) is 0 Å². The zero-order valence-corrected chi connectivity index (χ0v) is 12.2. The minimum absolute atomic E-state index is 0.780. The van der Waals surface area contributed by atoms with Gasteiger partial charge in [0.25, 0.3) is 0 Å². The van der Waals surface area contributed by atoms with Gasteiger partial charge in [-0.1, -0.05) is 50.3 Å². The van der Waals surface area contributed by atoms with Crippen LogP contribution in [0, 0.1) is 12.8 Å². The van der Waals surface area contributed by atoms with Gasteiger partial charge in [-0.15, -0.1) is 0 Å². The highest BCUT2D eigenvalue weighted by Gasteiger charge is 2.19. The van der Waals surface area contributed by atoms with Crippen LogP contribution in [0.5, 0.6) is 0 Å². The van der Waals surface area contributed by atoms with Gasteiger partial charge in [0.2, 0.25) is 0 Å². The fraction of sp³-hybridized carbons (Fsp3) is 0.471. The molecule has 1 aromatic heterocycles. The SMILES string of the molecule is Cc1c(CC2CCCCC2)nn(-c2ccccc2)c1N. The van der Waals surface area contributed by atoms with E-state index in [0.717, 1.165) is 29.4 Å². The molecule has 106 valence electrons. The number of nitrogens with two attached hydrogens (primary N) is 1. The second-order valence-electron chi connectivity index (χ2n) is 5.91. The monoisotopic (exact) mass is 269 g/mol. The summed E-state index contributed by atoms with van der Waals surface area (Å²) in [6, 6.07) is 10.2. The Morgan fingerprint density at radius 1 is 1.15 bits per heavy atom. The molecule has 1 aliphatic carbocycles. The van der Waals surface area contributed by atoms with Crippen LogP contribution < -0.4 is 5.73 Å². The summed E-state index contributed by atoms with van der Waals surface area (Å²) in [5.74, 6) is 1.57. The Hall–Kier alpha value is -1.77. The van der Waals surface area contributed by atoms with Crippen LogP contribution >= 0.6 is 0 Å². The number of para-hydroxylation sites is 1. The molecule has 0 aliphatic heterocycles. The molecule has 2 aromatic rings. The molecule has 0 radical (unpaired) electrons. The van der Waals surface area contributed by atoms with Crippen molar-refractivity contribution in [2.45, 2.75) is 45.4 Å². The third-order valence-corrected chi connectivity index (χ3v) is 4.47. The van der Waals surface area contributed by atoms with E-state index in [2.05, 4.69) is 6.92 Å². The molecule has 1 heterocycles. The number of aromatic nitrogens is 2. The molecule has 0 atom stereocenters. The molecule has 1 saturated carbocycles. The second-order valence-corrected chi connectivity index (χ2v) is 5.91. The van der Waals surface area contributed by atoms with Crippen molar-refractivity contribution >= 4 is 5.82 Å². The summed E-state index contributed by atoms with van der Waals surface area (Å²) in [5, 5.41) is 4.77. The van der Waals surface area contributed by atoms with Gasteiger partial charge in [0.05, 0.1) is 11.4 Å². The quantitative estimate of drug-likeness (QED) is 0.918. The van der Waals surface area contributed by atoms with Crippen molar-refractivity contribution in [2.75, 3.05) is 5.73 Å². The Balaban J connectivity index is 1.85. The smallest absolute Gasteiger partial charge is 0.130 e. The molecule has 0 saturated heterocycles. The summed E-state index contributed by atoms with van der Waals surface area (Å²) < 4.78 is 1.88. The van der Waals surface area contributed by atoms with Crippen LogP contribution in [0.1, 0.15) is 43.4 Å². The lowest BCUT2D eigenvalue weighted by molar-refractivity contribution is 0.353. The van der Waals surface area contributed by atoms with Gasteiger partial charge in [-0.25, -0.2) is 4.68 Å². The predicted octanol–water partition coefficient (Wildman–Crippen LogP) is 3.89. The van der Waals surface area contributed by atoms with E-state index in [1.54, 1.807) is 0 Å². The normalized spacial score (nSPS) is 16.4. The molecule has 1 aromatic carbocycles. The van der Waals surface area contributed by atoms with Gasteiger partial charge in [-0.3, -0.25) is 0 Å². The number of anilines is 1. The summed E-state index contributed by atoms with van der Waals surface area (Å²) in [4.78, 5) is 0. The predicted molar refractivity (Wildman–Crippen MR) is 83.0 cm³/mol. The first kappa shape index (κ1) is 13.2. The topological polar surface area (TPSA) is 43.8 Å². The van der Waals surface area contributed by atoms with E-state index < -0.39 is 0 Å². The largest absolute Gasteiger partial charge is 0.383 e. The first-order valence-electron chi connectivity index (χ1n) is 7.65. The van der Waals surface area contributed by atoms with Gasteiger partial charge >= 0.3 is 0 Å². The molecular weight excluding hydrogens is 246 g/mol. The number of hydrogen-bond acceptors (Lipinski definition) is 2. The highest BCUT2D eigenvalue weighted by atomic mass is 15.3. The summed E-state index contributed by atoms with van der Waals surface area (Å²) in [6.45, 7) is 2.10. The van der Waals surface area contributed by atoms with Gasteiger partial charge in [-0.2, -0.15) is 5.10 Å². The summed E-state index contributed by atoms with van der Waals surface area (Å²) in [6.07, 6.45) is 7.91. The van der Waals surface area contributed by atoms with Crippen LogP contribution in [0.3, 0.4) is 0 Å². The third kappa shape index (κ3) is 2.58. The van der Waals surface area contributed by atoms with Crippen LogP contribution in [-0.4, -0.2) is 9.78 Å². The van der Waals surface area contributed by atoms with Crippen molar-refractivity contribution in [1.82, 2.24) is 9.78 Å². The standard InChI is InChI=1S/C17H23N3/c1-13-16(12-14-8-4-2-5-9-14)19-20(17(13)18)15-10-6-3-7-11-15/h3,6-7,10-11,14H,2,4-5,8-9,12,18H2,1H3. The van der Waals surface area contributed by atoms with E-state index in [4.69, 9.17) is 10.8 Å². The lowest BCUT2D eigenvalue weighted by Gasteiger charge is -2.20. The maximum Gasteiger partial charge on any atom is 0.130 e. The summed E-state index contributed by atoms with van der Waals surface area (Å²) in [7, 11) is 0. The lowest BCUT2D eigenvalue weighted by atomic mass is 9.85. The summed E-state index contributed by atoms with van der Waals surface area (Å²) in [5.41, 5.74) is 9.62. The number of hydrogen-bond donors (Lipinski definition) is 1. The molecule has 0 bridgehead atoms. The maximum atomic E-state index is 6.24. The average Bonchev–Trinajstić information content (AvgIpc) is 2.78. The Morgan fingerprint density at radius 2 is 1.85 bits per heavy atom. The number of benzene rings is 1. The Morgan fingerprint density at radius 3 is 2.55 bits per heavy atom. The van der Waals surface area contributed by atoms with Crippen molar-refractivity contribution in [2.24, 2.45) is 5.92 Å². The molecule has 3 rings (SSSR count). The van der Waals surface area contributed by atoms with Gasteiger partial charge < -0.3 is 5.73 Å². The maximum absolute atomic E-state index is 6.24. The van der Waals surface area contributed by atoms with Crippen molar-refractivity contribution in [3.8, 4) is 5.69 Å². The molecule has 0 amide bonds. The second kappa shape index (κ2) is 5.70. The van der Waals surface area contributed by atoms with Crippen LogP contribution in [0.4, 0.5) is 5.82 Å². The van der Waals surface area contributed by atoms with E-state index in [1.165, 1.54) is 37.8 Å². The Kier molecular flexibility index (Phi) is 3.77. The molecule has 3 heteroatoms. The van der Waals surface area contributed by atoms with E-state index >= 15 is 0 Å². The molecule has 0 unspecified atom stereocenters. The van der Waals surface area contributed by atoms with Gasteiger partial charge in [-0.05, 0) is 31.4 Å². The number of nitrogen functional groups attached to an aromatic ring is 1. The lowest BCUT2D eigenvalue weighted by Crippen LogP contribution is -2.10. The zero-order chi connectivity index (χ0) is 13.9. The molecule has 20 heavy (non-hydrogen) atoms. The number of nitrogens with zero attached hydrogens (tertiary/aromatic N) is 2. The molecule has 0 spiro atoms. The van der Waals surface area contributed by atoms with Crippen LogP contribution in [-0.2, 0) is 6.42 Å². The number of rotatable bonds is 3. The molecule has 1 aliphatic rings. The Labute approximate surface area is 120 Å². The van der Waals surface area contributed by atoms with Crippen LogP contribution in [0.25, 0.3) is 5.69 Å². The minimum atomic E-state index is 0.780. The summed E-state index contributed by atoms with van der Waals surface area (Å²) >= 11 is 0. The van der Waals surface area contributed by atoms with Gasteiger partial charge in [0.15, 0.2) is 0 Å². The average molecular weight is 269 g/mol. The van der Waals surface area contributed by atoms with Crippen molar-refractivity contribution in [1.29, 1.82) is 0 Å². The molecule has 1 fully saturated rings. The van der Waals surface area contributed by atoms with E-state index in [-0.39, 0.29) is 0 Å². The molecule has 2 N–H and O–H groups in total. The fourth-order valence-electron chi connectivity index (χ4n) is 3.18. The van der Waals surface area contributed by atoms with Gasteiger partial charge in [0, 0.05) is 5.56 Å². The highest BCUT2D eigenvalue weighted by Crippen LogP contribution is 2.29. The zero-order valence-electron chi connectivity index (χ0n) is 12.2. The first-order valence-corrected chi connectivity index (χ1v) is 7.65. The van der Waals surface area contributed by atoms with E-state index in [1.807, 2.05) is 35.0 Å². The third-order valence-electron chi connectivity index (χ3n) is 4.47. The van der Waals surface area contributed by atoms with E-state index in [9.17, 15) is 0 Å². The fourth-order valence-corrected chi connectivity index (χ4v) is 3.18. The Bertz CT molecular complexity index is 565. The minimum Gasteiger partial charge on any atom is -0.383 e. The van der Waals surface area contributed by atoms with Crippen LogP contribution in [0.15, 0.2) is 30.3 Å². The van der Waals surface area contributed by atoms with Gasteiger partial charge in [0.1, 0.15) is 5.82 Å². The van der Waals surface area contributed by atoms with Crippen LogP contribution in [0.2, 0.25) is 0 Å². The molecular formula is C17H23N3. The van der Waals surface area contributed by atoms with Crippen molar-refractivity contribution in [3.63, 3.8) is 0 Å². The first-order chi connectivity index (χ1) is 9.75. The van der Waals surface area contributed by atoms with Crippen molar-refractivity contribution < 1.29 is 0 Å². The molecule has 3 nitrogen and oxygen atoms in total. The highest BCUT2D eigenvalue weighted by molar-refractivity contribution is 5.49.